The van der Waals surface area contributed by atoms with Crippen LogP contribution in [0.2, 0.25) is 0 Å². The van der Waals surface area contributed by atoms with E-state index in [1.165, 1.54) is 270 Å². The topological polar surface area (TPSA) is 64.6 Å². The molecule has 79 heavy (non-hydrogen) atoms. The van der Waals surface area contributed by atoms with E-state index in [4.69, 9.17) is 33.2 Å². The Morgan fingerprint density at radius 3 is 0.582 bits per heavy atom. The fourth-order valence-corrected chi connectivity index (χ4v) is 10.4. The molecule has 0 rings (SSSR count). The average Bonchev–Trinajstić information content (AvgIpc) is 3.45. The molecule has 0 N–H and O–H groups in total. The van der Waals surface area contributed by atoms with Crippen molar-refractivity contribution in [3.05, 3.63) is 24.3 Å². The summed E-state index contributed by atoms with van der Waals surface area (Å²) in [4.78, 5) is 0. The molecular weight excluding hydrogens is 977 g/mol. The molecule has 0 heterocycles. The molecule has 0 amide bonds. The first-order chi connectivity index (χ1) is 39.1. The van der Waals surface area contributed by atoms with Crippen LogP contribution in [0.3, 0.4) is 0 Å². The largest absolute Gasteiger partial charge is 0.330 e. The highest BCUT2D eigenvalue weighted by atomic mass is 16.9. The lowest BCUT2D eigenvalue weighted by molar-refractivity contribution is -0.374. The Hall–Kier alpha value is -0.800. The highest BCUT2D eigenvalue weighted by Crippen LogP contribution is 2.20. The van der Waals surface area contributed by atoms with Gasteiger partial charge < -0.3 is 23.7 Å². The molecule has 0 aromatic carbocycles. The molecule has 0 aromatic heterocycles. The van der Waals surface area contributed by atoms with Crippen LogP contribution >= 0.6 is 0 Å². The maximum Gasteiger partial charge on any atom is 0.274 e. The molecule has 0 saturated heterocycles. The van der Waals surface area contributed by atoms with Crippen LogP contribution in [-0.2, 0) is 33.2 Å². The molecule has 0 aliphatic heterocycles. The van der Waals surface area contributed by atoms with Crippen molar-refractivity contribution in [1.82, 2.24) is 0 Å². The Morgan fingerprint density at radius 2 is 0.380 bits per heavy atom. The van der Waals surface area contributed by atoms with E-state index < -0.39 is 25.5 Å². The lowest BCUT2D eigenvalue weighted by Crippen LogP contribution is -2.35. The van der Waals surface area contributed by atoms with Crippen molar-refractivity contribution in [3.8, 4) is 0 Å². The summed E-state index contributed by atoms with van der Waals surface area (Å²) in [6, 6.07) is 0. The Labute approximate surface area is 495 Å². The summed E-state index contributed by atoms with van der Waals surface area (Å²) < 4.78 is 46.2. The molecule has 472 valence electrons. The minimum Gasteiger partial charge on any atom is -0.330 e. The van der Waals surface area contributed by atoms with E-state index in [1.54, 1.807) is 0 Å². The molecular formula is C72H142O7. The van der Waals surface area contributed by atoms with Crippen LogP contribution in [0.1, 0.15) is 388 Å². The summed E-state index contributed by atoms with van der Waals surface area (Å²) in [6.07, 6.45) is 76.2. The standard InChI is InChI=1S/C72H142O7/c1-7-13-19-25-31-33-35-37-39-41-43-45-47-49-51-57-63-69(78-71(73-65-59-53-27-21-15-9-3)74-66-60-54-28-22-16-10-4)77-70(64-58-52-50-48-46-44-42-40-38-36-34-32-26-20-14-8-2)79-72(75-67-61-55-29-23-17-11-5)76-68-62-56-30-24-18-12-6/h57-58,63-64,69-72H,7-56,59-62,65-68H2,1-6H3. The first-order valence-corrected chi connectivity index (χ1v) is 35.9. The SMILES string of the molecule is CCCCCCCCCCCCCCCCC=CC(OC(C=CCCCCCCCCCCCCCCCC)OC(OCCCCCCCC)OCCCCCCCC)OC(OCCCCCCCC)OCCCCCCCC. The van der Waals surface area contributed by atoms with Gasteiger partial charge in [-0.1, -0.05) is 349 Å². The smallest absolute Gasteiger partial charge is 0.274 e. The van der Waals surface area contributed by atoms with E-state index in [9.17, 15) is 0 Å². The molecule has 2 unspecified atom stereocenters. The number of hydrogen-bond acceptors (Lipinski definition) is 7. The van der Waals surface area contributed by atoms with Crippen molar-refractivity contribution in [2.24, 2.45) is 0 Å². The van der Waals surface area contributed by atoms with Crippen LogP contribution in [0.4, 0.5) is 0 Å². The Morgan fingerprint density at radius 1 is 0.203 bits per heavy atom. The molecule has 7 nitrogen and oxygen atoms in total. The number of hydrogen-bond donors (Lipinski definition) is 0. The summed E-state index contributed by atoms with van der Waals surface area (Å²) in [7, 11) is 0. The van der Waals surface area contributed by atoms with Crippen molar-refractivity contribution >= 4 is 0 Å². The van der Waals surface area contributed by atoms with E-state index in [-0.39, 0.29) is 0 Å². The van der Waals surface area contributed by atoms with Gasteiger partial charge in [0.1, 0.15) is 0 Å². The van der Waals surface area contributed by atoms with Crippen LogP contribution in [-0.4, -0.2) is 52.0 Å². The van der Waals surface area contributed by atoms with Crippen molar-refractivity contribution < 1.29 is 33.2 Å². The van der Waals surface area contributed by atoms with Gasteiger partial charge in [-0.15, -0.1) is 0 Å². The highest BCUT2D eigenvalue weighted by Gasteiger charge is 2.24. The van der Waals surface area contributed by atoms with Gasteiger partial charge in [-0.3, -0.25) is 9.47 Å². The summed E-state index contributed by atoms with van der Waals surface area (Å²) in [6.45, 7) is 14.5. The zero-order valence-electron chi connectivity index (χ0n) is 54.5. The zero-order chi connectivity index (χ0) is 57.1. The Kier molecular flexibility index (Phi) is 69.0. The molecule has 0 radical (unpaired) electrons. The zero-order valence-corrected chi connectivity index (χ0v) is 54.5. The van der Waals surface area contributed by atoms with E-state index in [2.05, 4.69) is 65.8 Å². The van der Waals surface area contributed by atoms with E-state index in [0.717, 1.165) is 77.0 Å². The third-order valence-corrected chi connectivity index (χ3v) is 15.8. The van der Waals surface area contributed by atoms with Crippen molar-refractivity contribution in [2.45, 2.75) is 414 Å². The van der Waals surface area contributed by atoms with Crippen LogP contribution in [0, 0.1) is 0 Å². The van der Waals surface area contributed by atoms with Crippen LogP contribution < -0.4 is 0 Å². The fourth-order valence-electron chi connectivity index (χ4n) is 10.4. The second-order valence-electron chi connectivity index (χ2n) is 23.9. The Balaban J connectivity index is 6.16. The number of unbranched alkanes of at least 4 members (excludes halogenated alkanes) is 48. The summed E-state index contributed by atoms with van der Waals surface area (Å²) >= 11 is 0. The van der Waals surface area contributed by atoms with E-state index in [1.807, 2.05) is 0 Å². The van der Waals surface area contributed by atoms with Gasteiger partial charge in [0.25, 0.3) is 13.0 Å². The van der Waals surface area contributed by atoms with Crippen molar-refractivity contribution in [3.63, 3.8) is 0 Å². The molecule has 0 saturated carbocycles. The van der Waals surface area contributed by atoms with Gasteiger partial charge in [0.15, 0.2) is 12.6 Å². The fraction of sp³-hybridized carbons (Fsp3) is 0.944. The van der Waals surface area contributed by atoms with Crippen molar-refractivity contribution in [2.75, 3.05) is 26.4 Å². The molecule has 0 aliphatic carbocycles. The lowest BCUT2D eigenvalue weighted by Gasteiger charge is -2.28. The van der Waals surface area contributed by atoms with Crippen LogP contribution in [0.15, 0.2) is 24.3 Å². The first kappa shape index (κ1) is 78.2. The van der Waals surface area contributed by atoms with Gasteiger partial charge in [0, 0.05) is 0 Å². The minimum absolute atomic E-state index is 0.600. The number of rotatable bonds is 70. The maximum absolute atomic E-state index is 6.91. The predicted molar refractivity (Wildman–Crippen MR) is 344 cm³/mol. The molecule has 0 spiro atoms. The highest BCUT2D eigenvalue weighted by molar-refractivity contribution is 4.90. The molecule has 0 aromatic rings. The number of ether oxygens (including phenoxy) is 7. The first-order valence-electron chi connectivity index (χ1n) is 35.9. The van der Waals surface area contributed by atoms with Gasteiger partial charge in [0.2, 0.25) is 0 Å². The van der Waals surface area contributed by atoms with Gasteiger partial charge >= 0.3 is 0 Å². The molecule has 7 heteroatoms. The second-order valence-corrected chi connectivity index (χ2v) is 23.9. The maximum atomic E-state index is 6.91. The minimum atomic E-state index is -0.828. The number of allylic oxidation sites excluding steroid dienone is 2. The molecule has 0 bridgehead atoms. The van der Waals surface area contributed by atoms with E-state index in [0.29, 0.717) is 26.4 Å². The molecule has 2 atom stereocenters. The third kappa shape index (κ3) is 63.1. The normalized spacial score (nSPS) is 13.0. The summed E-state index contributed by atoms with van der Waals surface area (Å²) in [5, 5.41) is 0. The molecule has 0 aliphatic rings. The third-order valence-electron chi connectivity index (χ3n) is 15.8. The summed E-state index contributed by atoms with van der Waals surface area (Å²) in [5.41, 5.74) is 0. The average molecular weight is 1120 g/mol. The lowest BCUT2D eigenvalue weighted by atomic mass is 10.0. The van der Waals surface area contributed by atoms with Gasteiger partial charge in [-0.05, 0) is 63.5 Å². The predicted octanol–water partition coefficient (Wildman–Crippen LogP) is 24.6. The molecule has 0 fully saturated rings. The van der Waals surface area contributed by atoms with Gasteiger partial charge in [-0.2, -0.15) is 0 Å². The monoisotopic (exact) mass is 1120 g/mol. The van der Waals surface area contributed by atoms with Gasteiger partial charge in [0.05, 0.1) is 26.4 Å². The summed E-state index contributed by atoms with van der Waals surface area (Å²) in [5.74, 6) is 0. The Bertz CT molecular complexity index is 1030. The van der Waals surface area contributed by atoms with Crippen LogP contribution in [0.5, 0.6) is 0 Å². The van der Waals surface area contributed by atoms with Crippen molar-refractivity contribution in [1.29, 1.82) is 0 Å². The quantitative estimate of drug-likeness (QED) is 0.0342. The van der Waals surface area contributed by atoms with E-state index >= 15 is 0 Å². The second kappa shape index (κ2) is 69.7. The van der Waals surface area contributed by atoms with Gasteiger partial charge in [-0.25, -0.2) is 0 Å². The van der Waals surface area contributed by atoms with Crippen LogP contribution in [0.25, 0.3) is 0 Å².